The molecule has 5 heteroatoms. The van der Waals surface area contributed by atoms with E-state index in [0.29, 0.717) is 5.57 Å². The molecule has 0 aliphatic heterocycles. The summed E-state index contributed by atoms with van der Waals surface area (Å²) in [5.74, 6) is -0.891. The third kappa shape index (κ3) is 2.56. The van der Waals surface area contributed by atoms with Gasteiger partial charge in [-0.1, -0.05) is 49.8 Å². The molecule has 1 heterocycles. The van der Waals surface area contributed by atoms with Gasteiger partial charge in [-0.3, -0.25) is 9.59 Å². The van der Waals surface area contributed by atoms with E-state index >= 15 is 0 Å². The lowest BCUT2D eigenvalue weighted by Gasteiger charge is -2.57. The van der Waals surface area contributed by atoms with E-state index in [1.54, 1.807) is 25.4 Å². The Morgan fingerprint density at radius 3 is 2.42 bits per heavy atom. The van der Waals surface area contributed by atoms with Crippen LogP contribution in [0.5, 0.6) is 5.75 Å². The van der Waals surface area contributed by atoms with E-state index in [9.17, 15) is 14.7 Å². The summed E-state index contributed by atoms with van der Waals surface area (Å²) in [6, 6.07) is 11.5. The van der Waals surface area contributed by atoms with Gasteiger partial charge in [0.2, 0.25) is 0 Å². The van der Waals surface area contributed by atoms with Crippen LogP contribution in [0.25, 0.3) is 5.57 Å². The van der Waals surface area contributed by atoms with Crippen LogP contribution in [0.2, 0.25) is 0 Å². The predicted octanol–water partition coefficient (Wildman–Crippen LogP) is 4.44. The molecule has 2 aromatic rings. The standard InChI is InChI=1S/C26H26O4S/c1-14(2)17-12-19-22-23(27)18(15-7-9-16(30-4)10-8-15)13-26(22,20-6-5-11-31-20)21(17)24(28)25(19,3)29/h5-14,19,21-22,29H,1-4H3/t19-,21-,22-,25+,26+/m1/s1. The molecular weight excluding hydrogens is 408 g/mol. The van der Waals surface area contributed by atoms with Crippen molar-refractivity contribution in [1.29, 1.82) is 0 Å². The van der Waals surface area contributed by atoms with Gasteiger partial charge in [-0.05, 0) is 42.0 Å². The highest BCUT2D eigenvalue weighted by molar-refractivity contribution is 7.10. The van der Waals surface area contributed by atoms with Crippen LogP contribution < -0.4 is 4.74 Å². The Kier molecular flexibility index (Phi) is 4.44. The largest absolute Gasteiger partial charge is 0.497 e. The zero-order valence-corrected chi connectivity index (χ0v) is 18.9. The van der Waals surface area contributed by atoms with Crippen LogP contribution in [0.3, 0.4) is 0 Å². The average Bonchev–Trinajstić information content (AvgIpc) is 3.39. The number of ether oxygens (including phenoxy) is 1. The summed E-state index contributed by atoms with van der Waals surface area (Å²) in [7, 11) is 1.61. The second kappa shape index (κ2) is 6.75. The van der Waals surface area contributed by atoms with Crippen molar-refractivity contribution in [1.82, 2.24) is 0 Å². The number of Topliss-reactive ketones (excluding diaryl/α,β-unsaturated/α-hetero) is 2. The van der Waals surface area contributed by atoms with Gasteiger partial charge in [0, 0.05) is 27.7 Å². The fourth-order valence-corrected chi connectivity index (χ4v) is 6.88. The highest BCUT2D eigenvalue weighted by Gasteiger charge is 2.70. The molecule has 1 aromatic heterocycles. The van der Waals surface area contributed by atoms with Gasteiger partial charge in [-0.15, -0.1) is 11.3 Å². The van der Waals surface area contributed by atoms with Crippen LogP contribution in [0, 0.1) is 23.7 Å². The zero-order valence-electron chi connectivity index (χ0n) is 18.1. The topological polar surface area (TPSA) is 63.6 Å². The number of methoxy groups -OCH3 is 1. The van der Waals surface area contributed by atoms with Crippen LogP contribution >= 0.6 is 11.3 Å². The number of fused-ring (bicyclic) bond motifs is 1. The third-order valence-corrected chi connectivity index (χ3v) is 8.45. The van der Waals surface area contributed by atoms with E-state index in [4.69, 9.17) is 4.74 Å². The quantitative estimate of drug-likeness (QED) is 0.723. The Morgan fingerprint density at radius 1 is 1.13 bits per heavy atom. The van der Waals surface area contributed by atoms with Crippen molar-refractivity contribution in [2.75, 3.05) is 7.11 Å². The van der Waals surface area contributed by atoms with Crippen molar-refractivity contribution in [3.8, 4) is 5.75 Å². The molecule has 5 atom stereocenters. The Bertz CT molecular complexity index is 1120. The van der Waals surface area contributed by atoms with Crippen molar-refractivity contribution >= 4 is 28.5 Å². The number of rotatable bonds is 4. The lowest BCUT2D eigenvalue weighted by atomic mass is 9.46. The third-order valence-electron chi connectivity index (χ3n) is 7.41. The molecule has 0 amide bonds. The van der Waals surface area contributed by atoms with E-state index in [0.717, 1.165) is 21.8 Å². The molecule has 1 aromatic carbocycles. The molecule has 6 rings (SSSR count). The van der Waals surface area contributed by atoms with Crippen molar-refractivity contribution in [3.05, 3.63) is 69.9 Å². The van der Waals surface area contributed by atoms with Crippen LogP contribution in [0.15, 0.2) is 59.5 Å². The SMILES string of the molecule is COc1ccc(C2=C[C@]3(c4cccs4)[C@H]4C(=O)[C@@](C)(O)[C@H](C=C4C(C)C)[C@@H]3C2=O)cc1. The fourth-order valence-electron chi connectivity index (χ4n) is 5.91. The van der Waals surface area contributed by atoms with Crippen LogP contribution in [0.4, 0.5) is 0 Å². The first-order valence-corrected chi connectivity index (χ1v) is 11.5. The van der Waals surface area contributed by atoms with Crippen LogP contribution in [-0.4, -0.2) is 29.4 Å². The lowest BCUT2D eigenvalue weighted by molar-refractivity contribution is -0.161. The molecular formula is C26H26O4S. The van der Waals surface area contributed by atoms with Gasteiger partial charge >= 0.3 is 0 Å². The van der Waals surface area contributed by atoms with Crippen molar-refractivity contribution in [2.24, 2.45) is 23.7 Å². The van der Waals surface area contributed by atoms with Gasteiger partial charge in [-0.2, -0.15) is 0 Å². The Hall–Kier alpha value is -2.50. The molecule has 0 saturated heterocycles. The molecule has 1 N–H and O–H groups in total. The molecule has 4 aliphatic rings. The van der Waals surface area contributed by atoms with Gasteiger partial charge in [0.25, 0.3) is 0 Å². The fraction of sp³-hybridized carbons (Fsp3) is 0.385. The average molecular weight is 435 g/mol. The van der Waals surface area contributed by atoms with Crippen LogP contribution in [-0.2, 0) is 15.0 Å². The number of benzene rings is 1. The first-order chi connectivity index (χ1) is 14.7. The molecule has 4 nitrogen and oxygen atoms in total. The summed E-state index contributed by atoms with van der Waals surface area (Å²) < 4.78 is 5.27. The van der Waals surface area contributed by atoms with E-state index < -0.39 is 28.8 Å². The number of hydrogen-bond donors (Lipinski definition) is 1. The molecule has 1 saturated carbocycles. The maximum atomic E-state index is 13.9. The maximum absolute atomic E-state index is 13.9. The smallest absolute Gasteiger partial charge is 0.173 e. The summed E-state index contributed by atoms with van der Waals surface area (Å²) in [5.41, 5.74) is 0.173. The number of hydrogen-bond acceptors (Lipinski definition) is 5. The van der Waals surface area contributed by atoms with E-state index in [1.165, 1.54) is 0 Å². The first-order valence-electron chi connectivity index (χ1n) is 10.7. The second-order valence-corrected chi connectivity index (χ2v) is 10.3. The molecule has 0 unspecified atom stereocenters. The van der Waals surface area contributed by atoms with E-state index in [2.05, 4.69) is 13.8 Å². The summed E-state index contributed by atoms with van der Waals surface area (Å²) in [6.07, 6.45) is 4.06. The number of ketones is 2. The Morgan fingerprint density at radius 2 is 1.84 bits per heavy atom. The van der Waals surface area contributed by atoms with Gasteiger partial charge in [-0.25, -0.2) is 0 Å². The zero-order chi connectivity index (χ0) is 22.1. The van der Waals surface area contributed by atoms with Gasteiger partial charge < -0.3 is 9.84 Å². The summed E-state index contributed by atoms with van der Waals surface area (Å²) in [6.45, 7) is 5.74. The Balaban J connectivity index is 1.77. The minimum atomic E-state index is -1.55. The first kappa shape index (κ1) is 20.4. The number of carbonyl (C=O) groups is 2. The molecule has 160 valence electrons. The highest BCUT2D eigenvalue weighted by atomic mass is 32.1. The van der Waals surface area contributed by atoms with Gasteiger partial charge in [0.15, 0.2) is 11.6 Å². The summed E-state index contributed by atoms with van der Waals surface area (Å²) in [4.78, 5) is 28.6. The van der Waals surface area contributed by atoms with Gasteiger partial charge in [0.1, 0.15) is 11.4 Å². The minimum Gasteiger partial charge on any atom is -0.497 e. The predicted molar refractivity (Wildman–Crippen MR) is 121 cm³/mol. The Labute approximate surface area is 186 Å². The van der Waals surface area contributed by atoms with Gasteiger partial charge in [0.05, 0.1) is 13.0 Å². The monoisotopic (exact) mass is 434 g/mol. The van der Waals surface area contributed by atoms with Crippen molar-refractivity contribution in [3.63, 3.8) is 0 Å². The molecule has 2 bridgehead atoms. The number of aliphatic hydroxyl groups is 1. The molecule has 0 spiro atoms. The number of thiophene rings is 1. The number of allylic oxidation sites excluding steroid dienone is 3. The molecule has 4 aliphatic carbocycles. The number of carbonyl (C=O) groups excluding carboxylic acids is 2. The molecule has 0 radical (unpaired) electrons. The molecule has 31 heavy (non-hydrogen) atoms. The van der Waals surface area contributed by atoms with E-state index in [-0.39, 0.29) is 17.5 Å². The lowest BCUT2D eigenvalue weighted by Crippen LogP contribution is -2.66. The minimum absolute atomic E-state index is 0.000368. The van der Waals surface area contributed by atoms with Crippen molar-refractivity contribution < 1.29 is 19.4 Å². The van der Waals surface area contributed by atoms with Crippen molar-refractivity contribution in [2.45, 2.75) is 31.8 Å². The van der Waals surface area contributed by atoms with E-state index in [1.807, 2.05) is 53.9 Å². The summed E-state index contributed by atoms with van der Waals surface area (Å²) in [5, 5.41) is 13.2. The molecule has 1 fully saturated rings. The maximum Gasteiger partial charge on any atom is 0.173 e. The second-order valence-electron chi connectivity index (χ2n) is 9.33. The van der Waals surface area contributed by atoms with Crippen LogP contribution in [0.1, 0.15) is 31.2 Å². The summed E-state index contributed by atoms with van der Waals surface area (Å²) >= 11 is 1.58. The highest BCUT2D eigenvalue weighted by Crippen LogP contribution is 2.64. The normalized spacial score (nSPS) is 34.1.